The van der Waals surface area contributed by atoms with E-state index >= 15 is 0 Å². The van der Waals surface area contributed by atoms with Gasteiger partial charge >= 0.3 is 19.8 Å². The van der Waals surface area contributed by atoms with Crippen molar-refractivity contribution in [2.75, 3.05) is 26.4 Å². The van der Waals surface area contributed by atoms with Crippen LogP contribution in [0.25, 0.3) is 0 Å². The second-order valence-electron chi connectivity index (χ2n) is 18.8. The summed E-state index contributed by atoms with van der Waals surface area (Å²) in [5.74, 6) is -0.815. The molecule has 0 radical (unpaired) electrons. The molecule has 0 aliphatic rings. The minimum absolute atomic E-state index is 0.0558. The Labute approximate surface area is 396 Å². The van der Waals surface area contributed by atoms with Crippen molar-refractivity contribution in [2.24, 2.45) is 5.73 Å². The van der Waals surface area contributed by atoms with Gasteiger partial charge < -0.3 is 20.1 Å². The van der Waals surface area contributed by atoms with Crippen LogP contribution in [0.4, 0.5) is 0 Å². The molecule has 64 heavy (non-hydrogen) atoms. The van der Waals surface area contributed by atoms with Crippen LogP contribution in [-0.2, 0) is 32.7 Å². The molecule has 0 heterocycles. The lowest BCUT2D eigenvalue weighted by atomic mass is 10.0. The maximum Gasteiger partial charge on any atom is 0.472 e. The number of carbonyl (C=O) groups is 2. The number of allylic oxidation sites excluding steroid dienone is 2. The van der Waals surface area contributed by atoms with Crippen LogP contribution in [0.15, 0.2) is 12.2 Å². The van der Waals surface area contributed by atoms with Gasteiger partial charge in [-0.05, 0) is 38.5 Å². The lowest BCUT2D eigenvalue weighted by Crippen LogP contribution is -2.29. The Bertz CT molecular complexity index is 1060. The van der Waals surface area contributed by atoms with E-state index in [0.717, 1.165) is 44.9 Å². The zero-order valence-electron chi connectivity index (χ0n) is 42.3. The highest BCUT2D eigenvalue weighted by Gasteiger charge is 2.26. The van der Waals surface area contributed by atoms with Crippen molar-refractivity contribution in [1.82, 2.24) is 0 Å². The summed E-state index contributed by atoms with van der Waals surface area (Å²) in [6.07, 6.45) is 56.9. The van der Waals surface area contributed by atoms with Crippen LogP contribution in [0.1, 0.15) is 290 Å². The van der Waals surface area contributed by atoms with Crippen molar-refractivity contribution in [3.05, 3.63) is 12.2 Å². The maximum atomic E-state index is 12.6. The molecule has 0 aliphatic carbocycles. The SMILES string of the molecule is CCCCCCCC/C=C\CCCCCCCCCC(=O)OC(COC(=O)CCCCCCCCCCCCCCCCCCCCCCCCCCCC)COP(=O)(O)OCCN. The van der Waals surface area contributed by atoms with E-state index in [1.54, 1.807) is 0 Å². The van der Waals surface area contributed by atoms with Crippen molar-refractivity contribution in [1.29, 1.82) is 0 Å². The smallest absolute Gasteiger partial charge is 0.462 e. The Morgan fingerprint density at radius 3 is 1.11 bits per heavy atom. The summed E-state index contributed by atoms with van der Waals surface area (Å²) in [5.41, 5.74) is 5.37. The molecule has 0 saturated heterocycles. The number of ether oxygens (including phenoxy) is 2. The fraction of sp³-hybridized carbons (Fsp3) is 0.926. The van der Waals surface area contributed by atoms with Gasteiger partial charge in [0.15, 0.2) is 6.10 Å². The van der Waals surface area contributed by atoms with Gasteiger partial charge in [0.1, 0.15) is 6.61 Å². The summed E-state index contributed by atoms with van der Waals surface area (Å²) < 4.78 is 33.0. The van der Waals surface area contributed by atoms with Crippen molar-refractivity contribution in [3.63, 3.8) is 0 Å². The van der Waals surface area contributed by atoms with Gasteiger partial charge in [-0.15, -0.1) is 0 Å². The molecule has 0 saturated carbocycles. The summed E-state index contributed by atoms with van der Waals surface area (Å²) in [7, 11) is -4.38. The lowest BCUT2D eigenvalue weighted by molar-refractivity contribution is -0.161. The van der Waals surface area contributed by atoms with Crippen molar-refractivity contribution in [3.8, 4) is 0 Å². The fourth-order valence-corrected chi connectivity index (χ4v) is 9.05. The highest BCUT2D eigenvalue weighted by molar-refractivity contribution is 7.47. The van der Waals surface area contributed by atoms with Gasteiger partial charge in [-0.3, -0.25) is 18.6 Å². The van der Waals surface area contributed by atoms with Crippen molar-refractivity contribution in [2.45, 2.75) is 296 Å². The van der Waals surface area contributed by atoms with E-state index < -0.39 is 26.5 Å². The minimum atomic E-state index is -4.38. The number of hydrogen-bond acceptors (Lipinski definition) is 8. The van der Waals surface area contributed by atoms with E-state index in [2.05, 4.69) is 26.0 Å². The van der Waals surface area contributed by atoms with Crippen LogP contribution in [0.3, 0.4) is 0 Å². The van der Waals surface area contributed by atoms with Crippen molar-refractivity contribution >= 4 is 19.8 Å². The van der Waals surface area contributed by atoms with Crippen LogP contribution in [0.2, 0.25) is 0 Å². The molecule has 0 spiro atoms. The molecule has 0 aromatic carbocycles. The Hall–Kier alpha value is -1.25. The molecular formula is C54H106NO8P. The monoisotopic (exact) mass is 928 g/mol. The van der Waals surface area contributed by atoms with Crippen molar-refractivity contribution < 1.29 is 37.6 Å². The largest absolute Gasteiger partial charge is 0.472 e. The lowest BCUT2D eigenvalue weighted by Gasteiger charge is -2.19. The third kappa shape index (κ3) is 50.2. The fourth-order valence-electron chi connectivity index (χ4n) is 8.28. The van der Waals surface area contributed by atoms with Gasteiger partial charge in [0.2, 0.25) is 0 Å². The number of hydrogen-bond donors (Lipinski definition) is 2. The van der Waals surface area contributed by atoms with E-state index in [0.29, 0.717) is 6.42 Å². The normalized spacial score (nSPS) is 13.1. The number of nitrogens with two attached hydrogens (primary N) is 1. The quantitative estimate of drug-likeness (QED) is 0.0265. The number of phosphoric acid groups is 1. The molecule has 9 nitrogen and oxygen atoms in total. The molecule has 10 heteroatoms. The maximum absolute atomic E-state index is 12.6. The van der Waals surface area contributed by atoms with Crippen LogP contribution in [0.5, 0.6) is 0 Å². The van der Waals surface area contributed by atoms with Gasteiger partial charge in [0.05, 0.1) is 13.2 Å². The van der Waals surface area contributed by atoms with E-state index in [9.17, 15) is 19.0 Å². The first-order valence-corrected chi connectivity index (χ1v) is 29.2. The van der Waals surface area contributed by atoms with Gasteiger partial charge in [-0.25, -0.2) is 4.57 Å². The van der Waals surface area contributed by atoms with Crippen LogP contribution >= 0.6 is 7.82 Å². The number of esters is 2. The highest BCUT2D eigenvalue weighted by Crippen LogP contribution is 2.43. The molecule has 0 fully saturated rings. The summed E-state index contributed by atoms with van der Waals surface area (Å²) >= 11 is 0. The number of rotatable bonds is 53. The number of phosphoric ester groups is 1. The topological polar surface area (TPSA) is 134 Å². The second kappa shape index (κ2) is 51.1. The first-order chi connectivity index (χ1) is 31.3. The molecule has 0 amide bonds. The zero-order valence-corrected chi connectivity index (χ0v) is 43.2. The molecular weight excluding hydrogens is 822 g/mol. The Balaban J connectivity index is 3.92. The molecule has 0 aliphatic heterocycles. The Morgan fingerprint density at radius 1 is 0.453 bits per heavy atom. The predicted octanol–water partition coefficient (Wildman–Crippen LogP) is 16.9. The summed E-state index contributed by atoms with van der Waals surface area (Å²) in [5, 5.41) is 0. The van der Waals surface area contributed by atoms with Crippen LogP contribution in [0, 0.1) is 0 Å². The first kappa shape index (κ1) is 62.8. The molecule has 0 aromatic heterocycles. The van der Waals surface area contributed by atoms with Crippen LogP contribution in [-0.4, -0.2) is 49.3 Å². The van der Waals surface area contributed by atoms with Gasteiger partial charge in [0.25, 0.3) is 0 Å². The molecule has 0 bridgehead atoms. The zero-order chi connectivity index (χ0) is 46.7. The molecule has 3 N–H and O–H groups in total. The molecule has 2 unspecified atom stereocenters. The number of unbranched alkanes of at least 4 members (excludes halogenated alkanes) is 38. The van der Waals surface area contributed by atoms with E-state index in [4.69, 9.17) is 24.3 Å². The number of carbonyl (C=O) groups excluding carboxylic acids is 2. The minimum Gasteiger partial charge on any atom is -0.462 e. The summed E-state index contributed by atoms with van der Waals surface area (Å²) in [6.45, 7) is 3.79. The summed E-state index contributed by atoms with van der Waals surface area (Å²) in [4.78, 5) is 35.1. The van der Waals surface area contributed by atoms with Gasteiger partial charge in [-0.1, -0.05) is 251 Å². The van der Waals surface area contributed by atoms with Crippen LogP contribution < -0.4 is 5.73 Å². The average Bonchev–Trinajstić information content (AvgIpc) is 3.28. The van der Waals surface area contributed by atoms with E-state index in [-0.39, 0.29) is 38.6 Å². The second-order valence-corrected chi connectivity index (χ2v) is 20.3. The highest BCUT2D eigenvalue weighted by atomic mass is 31.2. The van der Waals surface area contributed by atoms with Gasteiger partial charge in [0, 0.05) is 19.4 Å². The van der Waals surface area contributed by atoms with E-state index in [1.807, 2.05) is 0 Å². The molecule has 380 valence electrons. The summed E-state index contributed by atoms with van der Waals surface area (Å²) in [6, 6.07) is 0. The predicted molar refractivity (Wildman–Crippen MR) is 271 cm³/mol. The first-order valence-electron chi connectivity index (χ1n) is 27.7. The third-order valence-electron chi connectivity index (χ3n) is 12.4. The third-order valence-corrected chi connectivity index (χ3v) is 13.4. The standard InChI is InChI=1S/C54H106NO8P/c1-3-5-7-9-11-13-15-17-19-21-22-23-24-25-26-27-28-29-31-32-34-36-38-40-42-44-46-53(56)60-50-52(51-62-64(58,59)61-49-48-55)63-54(57)47-45-43-41-39-37-35-33-30-20-18-16-14-12-10-8-6-4-2/h18,20,52H,3-17,19,21-51,55H2,1-2H3,(H,58,59)/b20-18-. The Kier molecular flexibility index (Phi) is 50.1. The average molecular weight is 928 g/mol. The van der Waals surface area contributed by atoms with E-state index in [1.165, 1.54) is 212 Å². The molecule has 0 aromatic rings. The molecule has 0 rings (SSSR count). The Morgan fingerprint density at radius 2 is 0.766 bits per heavy atom. The van der Waals surface area contributed by atoms with Gasteiger partial charge in [-0.2, -0.15) is 0 Å². The molecule has 2 atom stereocenters.